The van der Waals surface area contributed by atoms with Gasteiger partial charge < -0.3 is 14.2 Å². The molecule has 25 heavy (non-hydrogen) atoms. The Morgan fingerprint density at radius 1 is 0.920 bits per heavy atom. The fourth-order valence-electron chi connectivity index (χ4n) is 2.49. The van der Waals surface area contributed by atoms with Crippen LogP contribution in [-0.2, 0) is 16.4 Å². The van der Waals surface area contributed by atoms with Crippen molar-refractivity contribution in [3.05, 3.63) is 47.5 Å². The molecule has 0 aliphatic rings. The van der Waals surface area contributed by atoms with Crippen LogP contribution < -0.4 is 18.9 Å². The molecule has 2 aromatic rings. The molecule has 6 nitrogen and oxygen atoms in total. The molecule has 0 bridgehead atoms. The molecule has 1 N–H and O–H groups in total. The molecule has 0 amide bonds. The minimum Gasteiger partial charge on any atom is -0.497 e. The Kier molecular flexibility index (Phi) is 6.27. The number of nitrogens with one attached hydrogen (secondary N) is 1. The van der Waals surface area contributed by atoms with E-state index in [1.807, 2.05) is 12.1 Å². The van der Waals surface area contributed by atoms with Crippen molar-refractivity contribution in [2.24, 2.45) is 0 Å². The van der Waals surface area contributed by atoms with E-state index in [-0.39, 0.29) is 11.4 Å². The van der Waals surface area contributed by atoms with Gasteiger partial charge in [0.05, 0.1) is 26.2 Å². The van der Waals surface area contributed by atoms with E-state index in [9.17, 15) is 8.42 Å². The van der Waals surface area contributed by atoms with Gasteiger partial charge in [-0.25, -0.2) is 13.1 Å². The van der Waals surface area contributed by atoms with E-state index in [1.54, 1.807) is 52.5 Å². The van der Waals surface area contributed by atoms with Crippen molar-refractivity contribution in [3.63, 3.8) is 0 Å². The van der Waals surface area contributed by atoms with Gasteiger partial charge >= 0.3 is 0 Å². The third-order valence-corrected chi connectivity index (χ3v) is 5.45. The van der Waals surface area contributed by atoms with Crippen LogP contribution in [0.4, 0.5) is 0 Å². The Balaban J connectivity index is 2.05. The molecule has 0 saturated heterocycles. The molecular weight excluding hydrogens is 342 g/mol. The third kappa shape index (κ3) is 4.64. The summed E-state index contributed by atoms with van der Waals surface area (Å²) in [5.41, 5.74) is 1.59. The van der Waals surface area contributed by atoms with Crippen LogP contribution in [0.5, 0.6) is 17.2 Å². The first-order valence-electron chi connectivity index (χ1n) is 7.76. The maximum Gasteiger partial charge on any atom is 0.240 e. The smallest absolute Gasteiger partial charge is 0.240 e. The van der Waals surface area contributed by atoms with Crippen molar-refractivity contribution < 1.29 is 22.6 Å². The highest BCUT2D eigenvalue weighted by Gasteiger charge is 2.16. The molecule has 0 unspecified atom stereocenters. The van der Waals surface area contributed by atoms with E-state index in [0.717, 1.165) is 5.56 Å². The molecule has 0 spiro atoms. The minimum atomic E-state index is -3.58. The van der Waals surface area contributed by atoms with E-state index in [1.165, 1.54) is 0 Å². The van der Waals surface area contributed by atoms with Gasteiger partial charge in [-0.2, -0.15) is 0 Å². The lowest BCUT2D eigenvalue weighted by atomic mass is 10.1. The van der Waals surface area contributed by atoms with E-state index < -0.39 is 10.0 Å². The van der Waals surface area contributed by atoms with Gasteiger partial charge in [-0.05, 0) is 54.8 Å². The number of hydrogen-bond acceptors (Lipinski definition) is 5. The molecular formula is C18H23NO5S. The normalized spacial score (nSPS) is 11.2. The Morgan fingerprint density at radius 3 is 2.24 bits per heavy atom. The molecule has 0 aliphatic heterocycles. The van der Waals surface area contributed by atoms with Gasteiger partial charge in [0.25, 0.3) is 0 Å². The molecule has 2 rings (SSSR count). The molecule has 136 valence electrons. The number of hydrogen-bond donors (Lipinski definition) is 1. The summed E-state index contributed by atoms with van der Waals surface area (Å²) in [6.45, 7) is 2.02. The average Bonchev–Trinajstić information content (AvgIpc) is 2.60. The third-order valence-electron chi connectivity index (χ3n) is 3.83. The molecule has 0 aliphatic carbocycles. The summed E-state index contributed by atoms with van der Waals surface area (Å²) in [4.78, 5) is 0.251. The zero-order valence-corrected chi connectivity index (χ0v) is 15.6. The topological polar surface area (TPSA) is 73.9 Å². The molecule has 0 radical (unpaired) electrons. The van der Waals surface area contributed by atoms with Crippen molar-refractivity contribution in [2.75, 3.05) is 27.9 Å². The first kappa shape index (κ1) is 19.1. The Labute approximate surface area is 148 Å². The Hall–Kier alpha value is -2.25. The van der Waals surface area contributed by atoms with Gasteiger partial charge in [0.1, 0.15) is 5.75 Å². The summed E-state index contributed by atoms with van der Waals surface area (Å²) in [6.07, 6.45) is 0.536. The van der Waals surface area contributed by atoms with Crippen LogP contribution in [0.1, 0.15) is 11.1 Å². The maximum absolute atomic E-state index is 12.5. The van der Waals surface area contributed by atoms with E-state index in [2.05, 4.69) is 4.72 Å². The minimum absolute atomic E-state index is 0.251. The Morgan fingerprint density at radius 2 is 1.64 bits per heavy atom. The molecule has 7 heteroatoms. The zero-order chi connectivity index (χ0) is 18.4. The number of aryl methyl sites for hydroxylation is 1. The van der Waals surface area contributed by atoms with Crippen LogP contribution in [0.3, 0.4) is 0 Å². The SMILES string of the molecule is COc1ccc(S(=O)(=O)NCCc2ccc(OC)c(OC)c2)c(C)c1. The van der Waals surface area contributed by atoms with E-state index >= 15 is 0 Å². The van der Waals surface area contributed by atoms with Crippen LogP contribution in [0.2, 0.25) is 0 Å². The van der Waals surface area contributed by atoms with Gasteiger partial charge in [0.15, 0.2) is 11.5 Å². The van der Waals surface area contributed by atoms with Crippen molar-refractivity contribution in [2.45, 2.75) is 18.2 Å². The largest absolute Gasteiger partial charge is 0.497 e. The van der Waals surface area contributed by atoms with Gasteiger partial charge in [-0.15, -0.1) is 0 Å². The standard InChI is InChI=1S/C18H23NO5S/c1-13-11-15(22-2)6-8-18(13)25(20,21)19-10-9-14-5-7-16(23-3)17(12-14)24-4/h5-8,11-12,19H,9-10H2,1-4H3. The highest BCUT2D eigenvalue weighted by molar-refractivity contribution is 7.89. The number of ether oxygens (including phenoxy) is 3. The molecule has 0 atom stereocenters. The fourth-order valence-corrected chi connectivity index (χ4v) is 3.75. The number of sulfonamides is 1. The lowest BCUT2D eigenvalue weighted by Crippen LogP contribution is -2.26. The van der Waals surface area contributed by atoms with Crippen LogP contribution >= 0.6 is 0 Å². The lowest BCUT2D eigenvalue weighted by molar-refractivity contribution is 0.354. The van der Waals surface area contributed by atoms with E-state index in [4.69, 9.17) is 14.2 Å². The number of rotatable bonds is 8. The van der Waals surface area contributed by atoms with Crippen molar-refractivity contribution in [3.8, 4) is 17.2 Å². The molecule has 0 saturated carbocycles. The molecule has 0 fully saturated rings. The van der Waals surface area contributed by atoms with Gasteiger partial charge in [-0.3, -0.25) is 0 Å². The Bertz CT molecular complexity index is 833. The summed E-state index contributed by atoms with van der Waals surface area (Å²) < 4.78 is 43.1. The number of benzene rings is 2. The highest BCUT2D eigenvalue weighted by Crippen LogP contribution is 2.27. The maximum atomic E-state index is 12.5. The van der Waals surface area contributed by atoms with Crippen molar-refractivity contribution in [1.29, 1.82) is 0 Å². The quantitative estimate of drug-likeness (QED) is 0.778. The molecule has 2 aromatic carbocycles. The second-order valence-electron chi connectivity index (χ2n) is 5.47. The fraction of sp³-hybridized carbons (Fsp3) is 0.333. The first-order chi connectivity index (χ1) is 11.9. The summed E-state index contributed by atoms with van der Waals surface area (Å²) in [5, 5.41) is 0. The lowest BCUT2D eigenvalue weighted by Gasteiger charge is -2.12. The van der Waals surface area contributed by atoms with Crippen molar-refractivity contribution in [1.82, 2.24) is 4.72 Å². The van der Waals surface area contributed by atoms with E-state index in [0.29, 0.717) is 29.2 Å². The van der Waals surface area contributed by atoms with Crippen LogP contribution in [0.15, 0.2) is 41.3 Å². The van der Waals surface area contributed by atoms with Crippen LogP contribution in [0, 0.1) is 6.92 Å². The first-order valence-corrected chi connectivity index (χ1v) is 9.25. The van der Waals surface area contributed by atoms with Gasteiger partial charge in [0, 0.05) is 6.54 Å². The predicted molar refractivity (Wildman–Crippen MR) is 96.2 cm³/mol. The molecule has 0 heterocycles. The summed E-state index contributed by atoms with van der Waals surface area (Å²) in [7, 11) is 1.11. The van der Waals surface area contributed by atoms with Gasteiger partial charge in [0.2, 0.25) is 10.0 Å². The number of methoxy groups -OCH3 is 3. The highest BCUT2D eigenvalue weighted by atomic mass is 32.2. The predicted octanol–water partition coefficient (Wildman–Crippen LogP) is 2.54. The summed E-state index contributed by atoms with van der Waals surface area (Å²) in [6, 6.07) is 10.4. The van der Waals surface area contributed by atoms with Crippen LogP contribution in [0.25, 0.3) is 0 Å². The monoisotopic (exact) mass is 365 g/mol. The van der Waals surface area contributed by atoms with Gasteiger partial charge in [-0.1, -0.05) is 6.07 Å². The van der Waals surface area contributed by atoms with Crippen molar-refractivity contribution >= 4 is 10.0 Å². The van der Waals surface area contributed by atoms with Crippen LogP contribution in [-0.4, -0.2) is 36.3 Å². The second-order valence-corrected chi connectivity index (χ2v) is 7.20. The zero-order valence-electron chi connectivity index (χ0n) is 14.8. The summed E-state index contributed by atoms with van der Waals surface area (Å²) in [5.74, 6) is 1.89. The second kappa shape index (κ2) is 8.22. The molecule has 0 aromatic heterocycles. The average molecular weight is 365 g/mol. The summed E-state index contributed by atoms with van der Waals surface area (Å²) >= 11 is 0.